The van der Waals surface area contributed by atoms with Gasteiger partial charge >= 0.3 is 0 Å². The molecule has 0 heterocycles. The quantitative estimate of drug-likeness (QED) is 0.108. The number of nitrogens with two attached hydrogens (primary N) is 1. The Morgan fingerprint density at radius 3 is 2.12 bits per heavy atom. The number of carbonyl (C=O) groups excluding carboxylic acids is 1. The number of rotatable bonds is 9. The lowest BCUT2D eigenvalue weighted by molar-refractivity contribution is 0.102. The van der Waals surface area contributed by atoms with E-state index in [0.717, 1.165) is 6.07 Å². The lowest BCUT2D eigenvalue weighted by Gasteiger charge is -2.12. The van der Waals surface area contributed by atoms with Gasteiger partial charge in [0.2, 0.25) is 0 Å². The van der Waals surface area contributed by atoms with E-state index in [1.165, 1.54) is 36.4 Å². The molecule has 0 atom stereocenters. The van der Waals surface area contributed by atoms with Crippen LogP contribution in [0.4, 0.5) is 22.7 Å². The molecule has 0 bridgehead atoms. The Morgan fingerprint density at radius 1 is 0.850 bits per heavy atom. The Balaban J connectivity index is 1.66. The van der Waals surface area contributed by atoms with E-state index in [-0.39, 0.29) is 41.1 Å². The molecule has 15 heteroatoms. The first-order valence-corrected chi connectivity index (χ1v) is 14.2. The van der Waals surface area contributed by atoms with Crippen LogP contribution in [-0.4, -0.2) is 50.2 Å². The summed E-state index contributed by atoms with van der Waals surface area (Å²) in [6.07, 6.45) is 0. The van der Waals surface area contributed by atoms with Crippen molar-refractivity contribution in [1.82, 2.24) is 0 Å². The molecule has 0 unspecified atom stereocenters. The third-order valence-corrected chi connectivity index (χ3v) is 7.19. The van der Waals surface area contributed by atoms with E-state index in [1.54, 1.807) is 24.3 Å². The second-order valence-electron chi connectivity index (χ2n) is 8.31. The molecule has 0 aliphatic heterocycles. The van der Waals surface area contributed by atoms with E-state index >= 15 is 0 Å². The predicted molar refractivity (Wildman–Crippen MR) is 146 cm³/mol. The van der Waals surface area contributed by atoms with Gasteiger partial charge in [-0.05, 0) is 66.0 Å². The maximum atomic E-state index is 12.6. The number of aliphatic hydroxyl groups excluding tert-OH is 1. The second-order valence-corrected chi connectivity index (χ2v) is 11.1. The van der Waals surface area contributed by atoms with E-state index in [9.17, 15) is 35.8 Å². The molecule has 40 heavy (non-hydrogen) atoms. The van der Waals surface area contributed by atoms with Crippen LogP contribution >= 0.6 is 0 Å². The molecule has 1 amide bonds. The number of nitrogens with zero attached hydrogens (tertiary/aromatic N) is 2. The van der Waals surface area contributed by atoms with Crippen molar-refractivity contribution in [3.05, 3.63) is 78.4 Å². The average Bonchev–Trinajstić information content (AvgIpc) is 2.90. The fourth-order valence-electron chi connectivity index (χ4n) is 3.61. The van der Waals surface area contributed by atoms with Gasteiger partial charge in [-0.2, -0.15) is 27.1 Å². The van der Waals surface area contributed by atoms with Crippen molar-refractivity contribution in [3.8, 4) is 5.75 Å². The topological polar surface area (TPSA) is 218 Å². The van der Waals surface area contributed by atoms with Crippen molar-refractivity contribution in [1.29, 1.82) is 0 Å². The number of ether oxygens (including phenoxy) is 1. The molecule has 0 aliphatic rings. The number of nitrogens with one attached hydrogen (secondary N) is 1. The van der Waals surface area contributed by atoms with Gasteiger partial charge in [-0.15, -0.1) is 0 Å². The summed E-state index contributed by atoms with van der Waals surface area (Å²) in [5, 5.41) is 20.1. The Hall–Kier alpha value is -4.41. The summed E-state index contributed by atoms with van der Waals surface area (Å²) in [6.45, 7) is -0.358. The largest absolute Gasteiger partial charge is 0.489 e. The maximum absolute atomic E-state index is 12.6. The Kier molecular flexibility index (Phi) is 8.13. The fourth-order valence-corrected chi connectivity index (χ4v) is 4.95. The molecule has 0 aliphatic carbocycles. The number of amides is 1. The van der Waals surface area contributed by atoms with Gasteiger partial charge in [0.1, 0.15) is 17.3 Å². The summed E-state index contributed by atoms with van der Waals surface area (Å²) in [6, 6.07) is 16.5. The van der Waals surface area contributed by atoms with Crippen LogP contribution in [0.2, 0.25) is 0 Å². The first-order valence-electron chi connectivity index (χ1n) is 11.3. The van der Waals surface area contributed by atoms with Crippen molar-refractivity contribution in [3.63, 3.8) is 0 Å². The number of fused-ring (bicyclic) bond motifs is 1. The van der Waals surface area contributed by atoms with Crippen LogP contribution in [0.25, 0.3) is 10.8 Å². The van der Waals surface area contributed by atoms with Gasteiger partial charge in [-0.1, -0.05) is 6.07 Å². The SMILES string of the molecule is Nc1ccc(C(=O)Nc2ccc(/N=N/c3ccc4cc(S(=O)(=O)O)cc(S(=O)(=O)O)c4c3)cc2OCCO)cc1. The molecule has 0 radical (unpaired) electrons. The van der Waals surface area contributed by atoms with Crippen molar-refractivity contribution < 1.29 is 40.6 Å². The zero-order valence-corrected chi connectivity index (χ0v) is 22.1. The van der Waals surface area contributed by atoms with E-state index in [4.69, 9.17) is 10.5 Å². The third kappa shape index (κ3) is 6.77. The van der Waals surface area contributed by atoms with Crippen LogP contribution in [-0.2, 0) is 20.2 Å². The average molecular weight is 587 g/mol. The maximum Gasteiger partial charge on any atom is 0.295 e. The zero-order valence-electron chi connectivity index (χ0n) is 20.4. The van der Waals surface area contributed by atoms with Gasteiger partial charge in [-0.3, -0.25) is 13.9 Å². The molecule has 4 rings (SSSR count). The zero-order chi connectivity index (χ0) is 29.1. The van der Waals surface area contributed by atoms with Gasteiger partial charge in [0, 0.05) is 22.7 Å². The number of anilines is 2. The number of aliphatic hydroxyl groups is 1. The molecule has 6 N–H and O–H groups in total. The van der Waals surface area contributed by atoms with Crippen LogP contribution in [0.1, 0.15) is 10.4 Å². The molecule has 0 aromatic heterocycles. The minimum absolute atomic E-state index is 0.0564. The van der Waals surface area contributed by atoms with Gasteiger partial charge < -0.3 is 20.9 Å². The Morgan fingerprint density at radius 2 is 1.50 bits per heavy atom. The van der Waals surface area contributed by atoms with Crippen LogP contribution in [0.15, 0.2) is 92.8 Å². The Labute approximate surface area is 228 Å². The van der Waals surface area contributed by atoms with Crippen molar-refractivity contribution >= 4 is 59.7 Å². The van der Waals surface area contributed by atoms with E-state index in [1.807, 2.05) is 0 Å². The molecule has 0 saturated heterocycles. The molecular formula is C25H22N4O9S2. The monoisotopic (exact) mass is 586 g/mol. The van der Waals surface area contributed by atoms with Crippen molar-refractivity contribution in [2.45, 2.75) is 9.79 Å². The molecular weight excluding hydrogens is 564 g/mol. The van der Waals surface area contributed by atoms with Crippen LogP contribution in [0.5, 0.6) is 5.75 Å². The summed E-state index contributed by atoms with van der Waals surface area (Å²) in [7, 11) is -9.62. The smallest absolute Gasteiger partial charge is 0.295 e. The molecule has 208 valence electrons. The predicted octanol–water partition coefficient (Wildman–Crippen LogP) is 3.95. The van der Waals surface area contributed by atoms with Gasteiger partial charge in [0.05, 0.1) is 28.6 Å². The van der Waals surface area contributed by atoms with E-state index < -0.39 is 35.9 Å². The number of benzene rings is 4. The summed E-state index contributed by atoms with van der Waals surface area (Å²) in [5.41, 5.74) is 7.24. The first kappa shape index (κ1) is 28.6. The van der Waals surface area contributed by atoms with Crippen LogP contribution in [0, 0.1) is 0 Å². The van der Waals surface area contributed by atoms with E-state index in [2.05, 4.69) is 15.5 Å². The number of hydrogen-bond acceptors (Lipinski definition) is 10. The lowest BCUT2D eigenvalue weighted by Crippen LogP contribution is -2.13. The number of nitrogen functional groups attached to an aromatic ring is 1. The molecule has 0 saturated carbocycles. The summed E-state index contributed by atoms with van der Waals surface area (Å²) in [4.78, 5) is 11.2. The standard InChI is InChI=1S/C25H22N4O9S2/c26-17-4-1-15(2-5-17)25(31)27-22-8-7-19(13-23(22)38-10-9-30)29-28-18-6-3-16-11-20(39(32,33)34)14-24(21(16)12-18)40(35,36)37/h1-8,11-14,30H,9-10,26H2,(H,27,31)(H,32,33,34)(H,35,36,37)/b29-28+. The molecule has 0 spiro atoms. The third-order valence-electron chi connectivity index (χ3n) is 5.47. The highest BCUT2D eigenvalue weighted by Gasteiger charge is 2.20. The van der Waals surface area contributed by atoms with E-state index in [0.29, 0.717) is 23.0 Å². The van der Waals surface area contributed by atoms with Crippen molar-refractivity contribution in [2.75, 3.05) is 24.3 Å². The highest BCUT2D eigenvalue weighted by atomic mass is 32.2. The molecule has 13 nitrogen and oxygen atoms in total. The highest BCUT2D eigenvalue weighted by molar-refractivity contribution is 7.86. The summed E-state index contributed by atoms with van der Waals surface area (Å²) >= 11 is 0. The van der Waals surface area contributed by atoms with Crippen LogP contribution in [0.3, 0.4) is 0 Å². The number of azo groups is 1. The molecule has 4 aromatic rings. The van der Waals surface area contributed by atoms with Crippen molar-refractivity contribution in [2.24, 2.45) is 10.2 Å². The summed E-state index contributed by atoms with van der Waals surface area (Å²) < 4.78 is 71.4. The fraction of sp³-hybridized carbons (Fsp3) is 0.0800. The highest BCUT2D eigenvalue weighted by Crippen LogP contribution is 2.33. The first-order chi connectivity index (χ1) is 18.8. The normalized spacial score (nSPS) is 12.1. The van der Waals surface area contributed by atoms with Crippen LogP contribution < -0.4 is 15.8 Å². The second kappa shape index (κ2) is 11.4. The van der Waals surface area contributed by atoms with Gasteiger partial charge in [-0.25, -0.2) is 0 Å². The minimum Gasteiger partial charge on any atom is -0.489 e. The lowest BCUT2D eigenvalue weighted by atomic mass is 10.1. The van der Waals surface area contributed by atoms with Gasteiger partial charge in [0.15, 0.2) is 0 Å². The number of hydrogen-bond donors (Lipinski definition) is 5. The number of carbonyl (C=O) groups is 1. The Bertz CT molecular complexity index is 1840. The summed E-state index contributed by atoms with van der Waals surface area (Å²) in [5.74, 6) is -0.231. The molecule has 0 fully saturated rings. The minimum atomic E-state index is -4.87. The van der Waals surface area contributed by atoms with Gasteiger partial charge in [0.25, 0.3) is 26.1 Å². The molecule has 4 aromatic carbocycles.